The van der Waals surface area contributed by atoms with Gasteiger partial charge < -0.3 is 24.4 Å². The molecule has 3 aromatic carbocycles. The fourth-order valence-electron chi connectivity index (χ4n) is 4.11. The molecule has 8 nitrogen and oxygen atoms in total. The third-order valence-corrected chi connectivity index (χ3v) is 7.22. The van der Waals surface area contributed by atoms with Crippen molar-refractivity contribution in [3.05, 3.63) is 76.3 Å². The number of aryl methyl sites for hydroxylation is 2. The van der Waals surface area contributed by atoms with E-state index < -0.39 is 24.4 Å². The number of rotatable bonds is 8. The van der Waals surface area contributed by atoms with Crippen LogP contribution in [0.5, 0.6) is 17.2 Å². The molecule has 3 aromatic rings. The molecular formula is C28H27BrN2O6. The van der Waals surface area contributed by atoms with Crippen LogP contribution in [0.1, 0.15) is 17.5 Å². The van der Waals surface area contributed by atoms with Gasteiger partial charge in [0.1, 0.15) is 5.75 Å². The largest absolute Gasteiger partial charge is 0.493 e. The van der Waals surface area contributed by atoms with E-state index in [0.29, 0.717) is 28.6 Å². The van der Waals surface area contributed by atoms with Crippen LogP contribution in [0.25, 0.3) is 0 Å². The zero-order valence-electron chi connectivity index (χ0n) is 20.7. The van der Waals surface area contributed by atoms with Gasteiger partial charge in [0.15, 0.2) is 18.1 Å². The molecule has 1 fully saturated rings. The fourth-order valence-corrected chi connectivity index (χ4v) is 4.34. The number of carbonyl (C=O) groups excluding carboxylic acids is 3. The van der Waals surface area contributed by atoms with Crippen molar-refractivity contribution in [3.8, 4) is 17.2 Å². The number of methoxy groups -OCH3 is 1. The molecule has 4 rings (SSSR count). The van der Waals surface area contributed by atoms with E-state index in [2.05, 4.69) is 21.2 Å². The number of carbonyl (C=O) groups is 3. The molecule has 2 amide bonds. The molecule has 9 heteroatoms. The molecule has 1 atom stereocenters. The number of nitrogens with one attached hydrogen (secondary N) is 1. The van der Waals surface area contributed by atoms with Crippen molar-refractivity contribution in [3.63, 3.8) is 0 Å². The van der Waals surface area contributed by atoms with E-state index >= 15 is 0 Å². The second-order valence-electron chi connectivity index (χ2n) is 8.73. The van der Waals surface area contributed by atoms with Crippen molar-refractivity contribution in [2.24, 2.45) is 5.92 Å². The Morgan fingerprint density at radius 3 is 2.32 bits per heavy atom. The minimum atomic E-state index is -0.651. The molecule has 192 valence electrons. The first-order chi connectivity index (χ1) is 17.7. The summed E-state index contributed by atoms with van der Waals surface area (Å²) in [4.78, 5) is 39.0. The maximum absolute atomic E-state index is 12.6. The Labute approximate surface area is 223 Å². The Balaban J connectivity index is 1.31. The third kappa shape index (κ3) is 6.29. The van der Waals surface area contributed by atoms with Gasteiger partial charge in [-0.25, -0.2) is 0 Å². The lowest BCUT2D eigenvalue weighted by molar-refractivity contribution is -0.151. The van der Waals surface area contributed by atoms with Crippen molar-refractivity contribution >= 4 is 45.1 Å². The number of para-hydroxylation sites is 2. The molecule has 0 bridgehead atoms. The zero-order chi connectivity index (χ0) is 26.5. The third-order valence-electron chi connectivity index (χ3n) is 5.97. The minimum Gasteiger partial charge on any atom is -0.493 e. The van der Waals surface area contributed by atoms with Crippen molar-refractivity contribution in [1.29, 1.82) is 0 Å². The van der Waals surface area contributed by atoms with Gasteiger partial charge in [-0.1, -0.05) is 28.1 Å². The predicted molar refractivity (Wildman–Crippen MR) is 143 cm³/mol. The summed E-state index contributed by atoms with van der Waals surface area (Å²) in [5.41, 5.74) is 3.23. The van der Waals surface area contributed by atoms with Crippen LogP contribution in [0.3, 0.4) is 0 Å². The minimum absolute atomic E-state index is 0.0189. The summed E-state index contributed by atoms with van der Waals surface area (Å²) in [6.07, 6.45) is 0.0189. The smallest absolute Gasteiger partial charge is 0.311 e. The maximum atomic E-state index is 12.6. The number of halogens is 1. The van der Waals surface area contributed by atoms with Crippen molar-refractivity contribution in [2.45, 2.75) is 20.3 Å². The predicted octanol–water partition coefficient (Wildman–Crippen LogP) is 5.40. The Morgan fingerprint density at radius 2 is 1.68 bits per heavy atom. The second kappa shape index (κ2) is 11.5. The molecule has 0 unspecified atom stereocenters. The number of amides is 2. The number of benzene rings is 3. The van der Waals surface area contributed by atoms with Crippen molar-refractivity contribution in [2.75, 3.05) is 30.5 Å². The molecule has 1 aliphatic heterocycles. The van der Waals surface area contributed by atoms with Crippen LogP contribution in [-0.4, -0.2) is 38.0 Å². The standard InChI is InChI=1S/C28H27BrN2O6/c1-17-12-20(13-18(2)27(17)29)30-25(32)16-36-28(34)19-14-26(33)31(15-19)21-8-10-22(11-9-21)37-24-7-5-4-6-23(24)35-3/h4-13,19H,14-16H2,1-3H3,(H,30,32)/t19-/m0/s1. The van der Waals surface area contributed by atoms with Gasteiger partial charge in [0.05, 0.1) is 13.0 Å². The SMILES string of the molecule is COc1ccccc1Oc1ccc(N2C[C@@H](C(=O)OCC(=O)Nc3cc(C)c(Br)c(C)c3)CC2=O)cc1. The van der Waals surface area contributed by atoms with Gasteiger partial charge in [0, 0.05) is 28.8 Å². The number of esters is 1. The summed E-state index contributed by atoms with van der Waals surface area (Å²) >= 11 is 3.49. The van der Waals surface area contributed by atoms with Crippen LogP contribution < -0.4 is 19.7 Å². The monoisotopic (exact) mass is 566 g/mol. The Hall–Kier alpha value is -3.85. The van der Waals surface area contributed by atoms with Crippen LogP contribution in [0.4, 0.5) is 11.4 Å². The van der Waals surface area contributed by atoms with Crippen molar-refractivity contribution < 1.29 is 28.6 Å². The van der Waals surface area contributed by atoms with E-state index in [1.807, 2.05) is 38.1 Å². The van der Waals surface area contributed by atoms with Crippen LogP contribution >= 0.6 is 15.9 Å². The highest BCUT2D eigenvalue weighted by Crippen LogP contribution is 2.33. The van der Waals surface area contributed by atoms with Crippen LogP contribution in [0, 0.1) is 19.8 Å². The van der Waals surface area contributed by atoms with Gasteiger partial charge >= 0.3 is 5.97 Å². The quantitative estimate of drug-likeness (QED) is 0.367. The molecule has 1 N–H and O–H groups in total. The van der Waals surface area contributed by atoms with E-state index in [4.69, 9.17) is 14.2 Å². The van der Waals surface area contributed by atoms with Gasteiger partial charge in [0.2, 0.25) is 5.91 Å². The molecule has 37 heavy (non-hydrogen) atoms. The maximum Gasteiger partial charge on any atom is 0.311 e. The number of nitrogens with zero attached hydrogens (tertiary/aromatic N) is 1. The number of hydrogen-bond acceptors (Lipinski definition) is 6. The van der Waals surface area contributed by atoms with Crippen LogP contribution in [0.2, 0.25) is 0 Å². The average molecular weight is 567 g/mol. The molecule has 0 aromatic heterocycles. The molecule has 0 spiro atoms. The summed E-state index contributed by atoms with van der Waals surface area (Å²) in [7, 11) is 1.57. The average Bonchev–Trinajstić information content (AvgIpc) is 3.28. The lowest BCUT2D eigenvalue weighted by Gasteiger charge is -2.17. The van der Waals surface area contributed by atoms with Crippen molar-refractivity contribution in [1.82, 2.24) is 0 Å². The van der Waals surface area contributed by atoms with Crippen LogP contribution in [0.15, 0.2) is 65.1 Å². The number of anilines is 2. The lowest BCUT2D eigenvalue weighted by atomic mass is 10.1. The molecule has 1 aliphatic rings. The molecule has 0 radical (unpaired) electrons. The zero-order valence-corrected chi connectivity index (χ0v) is 22.3. The first-order valence-electron chi connectivity index (χ1n) is 11.7. The summed E-state index contributed by atoms with van der Waals surface area (Å²) < 4.78 is 17.4. The summed E-state index contributed by atoms with van der Waals surface area (Å²) in [5.74, 6) is -0.0946. The summed E-state index contributed by atoms with van der Waals surface area (Å²) in [6.45, 7) is 3.61. The van der Waals surface area contributed by atoms with E-state index in [0.717, 1.165) is 15.6 Å². The van der Waals surface area contributed by atoms with Gasteiger partial charge in [-0.05, 0) is 73.5 Å². The van der Waals surface area contributed by atoms with E-state index in [1.165, 1.54) is 4.90 Å². The Bertz CT molecular complexity index is 1300. The molecular weight excluding hydrogens is 540 g/mol. The number of hydrogen-bond donors (Lipinski definition) is 1. The first-order valence-corrected chi connectivity index (χ1v) is 12.5. The topological polar surface area (TPSA) is 94.2 Å². The van der Waals surface area contributed by atoms with Gasteiger partial charge in [-0.15, -0.1) is 0 Å². The normalized spacial score (nSPS) is 14.9. The summed E-state index contributed by atoms with van der Waals surface area (Å²) in [5, 5.41) is 2.74. The highest BCUT2D eigenvalue weighted by atomic mass is 79.9. The Kier molecular flexibility index (Phi) is 8.13. The van der Waals surface area contributed by atoms with Gasteiger partial charge in [-0.3, -0.25) is 14.4 Å². The Morgan fingerprint density at radius 1 is 1.03 bits per heavy atom. The first kappa shape index (κ1) is 26.2. The van der Waals surface area contributed by atoms with E-state index in [1.54, 1.807) is 43.5 Å². The van der Waals surface area contributed by atoms with Crippen LogP contribution in [-0.2, 0) is 19.1 Å². The van der Waals surface area contributed by atoms with E-state index in [-0.39, 0.29) is 18.9 Å². The van der Waals surface area contributed by atoms with E-state index in [9.17, 15) is 14.4 Å². The number of ether oxygens (including phenoxy) is 3. The van der Waals surface area contributed by atoms with Gasteiger partial charge in [0.25, 0.3) is 5.91 Å². The highest BCUT2D eigenvalue weighted by molar-refractivity contribution is 9.10. The highest BCUT2D eigenvalue weighted by Gasteiger charge is 2.36. The van der Waals surface area contributed by atoms with Gasteiger partial charge in [-0.2, -0.15) is 0 Å². The summed E-state index contributed by atoms with van der Waals surface area (Å²) in [6, 6.07) is 18.0. The molecule has 1 saturated heterocycles. The lowest BCUT2D eigenvalue weighted by Crippen LogP contribution is -2.28. The molecule has 0 saturated carbocycles. The fraction of sp³-hybridized carbons (Fsp3) is 0.250. The molecule has 1 heterocycles. The molecule has 0 aliphatic carbocycles. The second-order valence-corrected chi connectivity index (χ2v) is 9.53.